The molecule has 1 saturated heterocycles. The third-order valence-corrected chi connectivity index (χ3v) is 5.35. The molecule has 0 saturated carbocycles. The van der Waals surface area contributed by atoms with Crippen LogP contribution >= 0.6 is 23.4 Å². The molecule has 0 spiro atoms. The Hall–Kier alpha value is -0.680. The van der Waals surface area contributed by atoms with Crippen molar-refractivity contribution in [1.82, 2.24) is 19.3 Å². The van der Waals surface area contributed by atoms with Gasteiger partial charge in [-0.3, -0.25) is 4.68 Å². The van der Waals surface area contributed by atoms with E-state index in [1.54, 1.807) is 0 Å². The van der Waals surface area contributed by atoms with Gasteiger partial charge in [-0.2, -0.15) is 16.9 Å². The minimum absolute atomic E-state index is 0.539. The second kappa shape index (κ2) is 5.98. The number of hydrogen-bond acceptors (Lipinski definition) is 3. The van der Waals surface area contributed by atoms with Crippen LogP contribution in [0.5, 0.6) is 0 Å². The van der Waals surface area contributed by atoms with Crippen LogP contribution in [0.3, 0.4) is 0 Å². The van der Waals surface area contributed by atoms with E-state index >= 15 is 0 Å². The van der Waals surface area contributed by atoms with E-state index in [0.717, 1.165) is 29.9 Å². The van der Waals surface area contributed by atoms with Gasteiger partial charge in [0.2, 0.25) is 0 Å². The molecular formula is C14H21ClN4S. The molecule has 2 aromatic heterocycles. The van der Waals surface area contributed by atoms with Gasteiger partial charge in [0.15, 0.2) is 5.65 Å². The molecule has 1 unspecified atom stereocenters. The molecule has 1 aliphatic rings. The van der Waals surface area contributed by atoms with Gasteiger partial charge in [0.1, 0.15) is 11.3 Å². The Bertz CT molecular complexity index is 598. The zero-order chi connectivity index (χ0) is 14.1. The highest BCUT2D eigenvalue weighted by Gasteiger charge is 2.25. The van der Waals surface area contributed by atoms with E-state index in [-0.39, 0.29) is 0 Å². The topological polar surface area (TPSA) is 35.6 Å². The summed E-state index contributed by atoms with van der Waals surface area (Å²) in [7, 11) is 2.03. The molecule has 1 fully saturated rings. The summed E-state index contributed by atoms with van der Waals surface area (Å²) in [5, 5.41) is 4.62. The van der Waals surface area contributed by atoms with E-state index in [0.29, 0.717) is 11.9 Å². The van der Waals surface area contributed by atoms with Gasteiger partial charge < -0.3 is 4.57 Å². The Balaban J connectivity index is 2.14. The van der Waals surface area contributed by atoms with Crippen LogP contribution in [0.2, 0.25) is 0 Å². The Morgan fingerprint density at radius 2 is 2.30 bits per heavy atom. The maximum Gasteiger partial charge on any atom is 0.158 e. The minimum Gasteiger partial charge on any atom is -0.309 e. The predicted molar refractivity (Wildman–Crippen MR) is 85.9 cm³/mol. The summed E-state index contributed by atoms with van der Waals surface area (Å²) < 4.78 is 4.41. The molecule has 0 aromatic carbocycles. The number of thioether (sulfide) groups is 1. The second-order valence-corrected chi connectivity index (χ2v) is 6.83. The van der Waals surface area contributed by atoms with Crippen molar-refractivity contribution >= 4 is 34.5 Å². The van der Waals surface area contributed by atoms with Gasteiger partial charge in [0, 0.05) is 31.1 Å². The summed E-state index contributed by atoms with van der Waals surface area (Å²) in [6.07, 6.45) is 4.28. The number of rotatable bonds is 4. The van der Waals surface area contributed by atoms with Crippen LogP contribution < -0.4 is 0 Å². The molecule has 0 amide bonds. The van der Waals surface area contributed by atoms with Crippen LogP contribution in [0, 0.1) is 0 Å². The first-order valence-electron chi connectivity index (χ1n) is 7.32. The molecule has 0 N–H and O–H groups in total. The summed E-state index contributed by atoms with van der Waals surface area (Å²) in [4.78, 5) is 4.86. The van der Waals surface area contributed by atoms with Gasteiger partial charge in [-0.25, -0.2) is 4.98 Å². The summed E-state index contributed by atoms with van der Waals surface area (Å²) in [6.45, 7) is 2.14. The number of halogens is 1. The second-order valence-electron chi connectivity index (χ2n) is 5.30. The smallest absolute Gasteiger partial charge is 0.158 e. The summed E-state index contributed by atoms with van der Waals surface area (Å²) in [5.74, 6) is 4.21. The van der Waals surface area contributed by atoms with Crippen molar-refractivity contribution in [2.45, 2.75) is 38.6 Å². The number of hydrogen-bond donors (Lipinski definition) is 0. The molecule has 4 nitrogen and oxygen atoms in total. The third-order valence-electron chi connectivity index (χ3n) is 3.96. The largest absolute Gasteiger partial charge is 0.309 e. The fourth-order valence-corrected chi connectivity index (χ4v) is 4.35. The molecule has 6 heteroatoms. The van der Waals surface area contributed by atoms with Crippen LogP contribution in [0.4, 0.5) is 0 Å². The molecular weight excluding hydrogens is 292 g/mol. The first-order valence-corrected chi connectivity index (χ1v) is 9.01. The highest BCUT2D eigenvalue weighted by atomic mass is 35.5. The highest BCUT2D eigenvalue weighted by Crippen LogP contribution is 2.32. The zero-order valence-electron chi connectivity index (χ0n) is 12.1. The maximum absolute atomic E-state index is 5.97. The Kier molecular flexibility index (Phi) is 4.26. The molecule has 1 aliphatic heterocycles. The lowest BCUT2D eigenvalue weighted by atomic mass is 10.2. The molecule has 20 heavy (non-hydrogen) atoms. The average molecular weight is 313 g/mol. The number of alkyl halides is 1. The quantitative estimate of drug-likeness (QED) is 0.813. The van der Waals surface area contributed by atoms with Crippen LogP contribution in [0.15, 0.2) is 0 Å². The van der Waals surface area contributed by atoms with E-state index in [1.165, 1.54) is 30.0 Å². The number of imidazole rings is 1. The van der Waals surface area contributed by atoms with Gasteiger partial charge in [-0.1, -0.05) is 6.92 Å². The lowest BCUT2D eigenvalue weighted by Gasteiger charge is -2.25. The standard InChI is InChI=1S/C14H21ClN4S/c1-3-11-13-14(18(2)17-11)19(12(16-13)6-7-15)10-5-4-8-20-9-10/h10H,3-9H2,1-2H3. The van der Waals surface area contributed by atoms with E-state index in [1.807, 2.05) is 23.5 Å². The average Bonchev–Trinajstić information content (AvgIpc) is 2.98. The Morgan fingerprint density at radius 3 is 2.95 bits per heavy atom. The normalized spacial score (nSPS) is 19.9. The van der Waals surface area contributed by atoms with Gasteiger partial charge >= 0.3 is 0 Å². The maximum atomic E-state index is 5.97. The molecule has 0 aliphatic carbocycles. The van der Waals surface area contributed by atoms with Crippen LogP contribution in [-0.2, 0) is 19.9 Å². The number of aromatic nitrogens is 4. The van der Waals surface area contributed by atoms with E-state index in [9.17, 15) is 0 Å². The minimum atomic E-state index is 0.539. The molecule has 0 bridgehead atoms. The number of aryl methyl sites for hydroxylation is 3. The fourth-order valence-electron chi connectivity index (χ4n) is 3.06. The van der Waals surface area contributed by atoms with Crippen molar-refractivity contribution in [1.29, 1.82) is 0 Å². The summed E-state index contributed by atoms with van der Waals surface area (Å²) >= 11 is 8.02. The van der Waals surface area contributed by atoms with Crippen molar-refractivity contribution in [3.63, 3.8) is 0 Å². The van der Waals surface area contributed by atoms with Crippen molar-refractivity contribution in [3.8, 4) is 0 Å². The lowest BCUT2D eigenvalue weighted by molar-refractivity contribution is 0.486. The molecule has 110 valence electrons. The monoisotopic (exact) mass is 312 g/mol. The first kappa shape index (κ1) is 14.3. The molecule has 0 radical (unpaired) electrons. The summed E-state index contributed by atoms with van der Waals surface area (Å²) in [6, 6.07) is 0.539. The zero-order valence-corrected chi connectivity index (χ0v) is 13.7. The van der Waals surface area contributed by atoms with Gasteiger partial charge in [0.05, 0.1) is 5.69 Å². The van der Waals surface area contributed by atoms with Crippen molar-refractivity contribution in [3.05, 3.63) is 11.5 Å². The van der Waals surface area contributed by atoms with E-state index < -0.39 is 0 Å². The van der Waals surface area contributed by atoms with E-state index in [4.69, 9.17) is 16.6 Å². The summed E-state index contributed by atoms with van der Waals surface area (Å²) in [5.41, 5.74) is 3.35. The van der Waals surface area contributed by atoms with Crippen molar-refractivity contribution in [2.75, 3.05) is 17.4 Å². The van der Waals surface area contributed by atoms with Gasteiger partial charge in [0.25, 0.3) is 0 Å². The molecule has 2 aromatic rings. The van der Waals surface area contributed by atoms with Crippen molar-refractivity contribution < 1.29 is 0 Å². The lowest BCUT2D eigenvalue weighted by Crippen LogP contribution is -2.20. The SMILES string of the molecule is CCc1nn(C)c2c1nc(CCCl)n2C1CCCSC1. The van der Waals surface area contributed by atoms with E-state index in [2.05, 4.69) is 16.6 Å². The molecule has 3 heterocycles. The molecule has 3 rings (SSSR count). The number of nitrogens with zero attached hydrogens (tertiary/aromatic N) is 4. The number of fused-ring (bicyclic) bond motifs is 1. The van der Waals surface area contributed by atoms with Crippen molar-refractivity contribution in [2.24, 2.45) is 7.05 Å². The Morgan fingerprint density at radius 1 is 1.45 bits per heavy atom. The van der Waals surface area contributed by atoms with Crippen LogP contribution in [-0.4, -0.2) is 36.7 Å². The highest BCUT2D eigenvalue weighted by molar-refractivity contribution is 7.99. The van der Waals surface area contributed by atoms with Crippen LogP contribution in [0.25, 0.3) is 11.2 Å². The third kappa shape index (κ3) is 2.35. The molecule has 1 atom stereocenters. The fraction of sp³-hybridized carbons (Fsp3) is 0.714. The Labute approximate surface area is 128 Å². The first-order chi connectivity index (χ1) is 9.76. The van der Waals surface area contributed by atoms with Gasteiger partial charge in [-0.05, 0) is 25.0 Å². The van der Waals surface area contributed by atoms with Crippen LogP contribution in [0.1, 0.15) is 37.3 Å². The predicted octanol–water partition coefficient (Wildman–Crippen LogP) is 3.18. The van der Waals surface area contributed by atoms with Gasteiger partial charge in [-0.15, -0.1) is 11.6 Å².